The van der Waals surface area contributed by atoms with Crippen LogP contribution in [0, 0.1) is 6.92 Å². The first-order valence-electron chi connectivity index (χ1n) is 5.15. The number of aryl methyl sites for hydroxylation is 1. The van der Waals surface area contributed by atoms with Crippen LogP contribution in [0.2, 0.25) is 0 Å². The average molecular weight is 261 g/mol. The Balaban J connectivity index is 2.22. The lowest BCUT2D eigenvalue weighted by Gasteiger charge is -2.04. The van der Waals surface area contributed by atoms with Gasteiger partial charge in [-0.3, -0.25) is 0 Å². The molecule has 0 atom stereocenters. The number of hydrogen-bond donors (Lipinski definition) is 2. The van der Waals surface area contributed by atoms with Gasteiger partial charge in [-0.2, -0.15) is 0 Å². The van der Waals surface area contributed by atoms with Crippen molar-refractivity contribution in [3.05, 3.63) is 41.7 Å². The molecule has 0 aliphatic carbocycles. The SMILES string of the molecule is Cc1cnc(Sc2ccc(C(=O)O)c(N)c2)nc1. The third kappa shape index (κ3) is 2.78. The van der Waals surface area contributed by atoms with E-state index in [9.17, 15) is 4.79 Å². The van der Waals surface area contributed by atoms with Gasteiger partial charge in [-0.1, -0.05) is 0 Å². The van der Waals surface area contributed by atoms with Crippen molar-refractivity contribution < 1.29 is 9.90 Å². The molecule has 0 aliphatic rings. The van der Waals surface area contributed by atoms with E-state index in [2.05, 4.69) is 9.97 Å². The summed E-state index contributed by atoms with van der Waals surface area (Å²) in [5, 5.41) is 9.47. The smallest absolute Gasteiger partial charge is 0.337 e. The maximum absolute atomic E-state index is 10.8. The fourth-order valence-electron chi connectivity index (χ4n) is 1.34. The Morgan fingerprint density at radius 2 is 2.00 bits per heavy atom. The fourth-order valence-corrected chi connectivity index (χ4v) is 2.08. The van der Waals surface area contributed by atoms with E-state index in [1.165, 1.54) is 17.8 Å². The first-order valence-corrected chi connectivity index (χ1v) is 5.97. The quantitative estimate of drug-likeness (QED) is 0.650. The number of aromatic nitrogens is 2. The molecule has 1 heterocycles. The molecule has 92 valence electrons. The molecule has 18 heavy (non-hydrogen) atoms. The van der Waals surface area contributed by atoms with Crippen LogP contribution in [-0.4, -0.2) is 21.0 Å². The molecule has 0 radical (unpaired) electrons. The zero-order valence-corrected chi connectivity index (χ0v) is 10.4. The molecule has 0 bridgehead atoms. The Labute approximate surface area is 108 Å². The van der Waals surface area contributed by atoms with Crippen LogP contribution in [0.15, 0.2) is 40.6 Å². The highest BCUT2D eigenvalue weighted by Gasteiger charge is 2.09. The minimum absolute atomic E-state index is 0.101. The van der Waals surface area contributed by atoms with Gasteiger partial charge in [0, 0.05) is 23.0 Å². The second-order valence-electron chi connectivity index (χ2n) is 3.70. The first-order chi connectivity index (χ1) is 8.56. The highest BCUT2D eigenvalue weighted by atomic mass is 32.2. The van der Waals surface area contributed by atoms with Crippen molar-refractivity contribution in [1.82, 2.24) is 9.97 Å². The van der Waals surface area contributed by atoms with E-state index < -0.39 is 5.97 Å². The molecule has 5 nitrogen and oxygen atoms in total. The molecule has 1 aromatic heterocycles. The summed E-state index contributed by atoms with van der Waals surface area (Å²) in [4.78, 5) is 19.9. The van der Waals surface area contributed by atoms with Gasteiger partial charge in [0.2, 0.25) is 0 Å². The summed E-state index contributed by atoms with van der Waals surface area (Å²) >= 11 is 1.34. The van der Waals surface area contributed by atoms with Crippen molar-refractivity contribution in [3.63, 3.8) is 0 Å². The van der Waals surface area contributed by atoms with Crippen molar-refractivity contribution in [3.8, 4) is 0 Å². The lowest BCUT2D eigenvalue weighted by molar-refractivity contribution is 0.0698. The summed E-state index contributed by atoms with van der Waals surface area (Å²) in [6, 6.07) is 4.78. The van der Waals surface area contributed by atoms with Crippen molar-refractivity contribution in [1.29, 1.82) is 0 Å². The molecule has 0 amide bonds. The van der Waals surface area contributed by atoms with Crippen molar-refractivity contribution >= 4 is 23.4 Å². The van der Waals surface area contributed by atoms with Crippen LogP contribution < -0.4 is 5.73 Å². The van der Waals surface area contributed by atoms with Crippen LogP contribution in [0.3, 0.4) is 0 Å². The standard InChI is InChI=1S/C12H11N3O2S/c1-7-5-14-12(15-6-7)18-8-2-3-9(11(16)17)10(13)4-8/h2-6H,13H2,1H3,(H,16,17). The summed E-state index contributed by atoms with van der Waals surface area (Å²) in [5.74, 6) is -1.03. The molecular weight excluding hydrogens is 250 g/mol. The number of carboxylic acids is 1. The highest BCUT2D eigenvalue weighted by Crippen LogP contribution is 2.27. The van der Waals surface area contributed by atoms with E-state index >= 15 is 0 Å². The van der Waals surface area contributed by atoms with Crippen LogP contribution in [-0.2, 0) is 0 Å². The van der Waals surface area contributed by atoms with Gasteiger partial charge >= 0.3 is 5.97 Å². The number of nitrogen functional groups attached to an aromatic ring is 1. The molecule has 1 aromatic carbocycles. The van der Waals surface area contributed by atoms with E-state index in [1.807, 2.05) is 6.92 Å². The van der Waals surface area contributed by atoms with E-state index in [-0.39, 0.29) is 11.3 Å². The van der Waals surface area contributed by atoms with Crippen LogP contribution in [0.5, 0.6) is 0 Å². The van der Waals surface area contributed by atoms with E-state index in [1.54, 1.807) is 24.5 Å². The van der Waals surface area contributed by atoms with Crippen LogP contribution >= 0.6 is 11.8 Å². The Hall–Kier alpha value is -2.08. The number of anilines is 1. The first kappa shape index (κ1) is 12.4. The van der Waals surface area contributed by atoms with Gasteiger partial charge in [0.05, 0.1) is 5.56 Å². The maximum atomic E-state index is 10.8. The molecule has 3 N–H and O–H groups in total. The zero-order valence-electron chi connectivity index (χ0n) is 9.62. The fraction of sp³-hybridized carbons (Fsp3) is 0.0833. The van der Waals surface area contributed by atoms with E-state index in [0.717, 1.165) is 10.5 Å². The van der Waals surface area contributed by atoms with Crippen molar-refractivity contribution in [2.45, 2.75) is 17.0 Å². The third-order valence-electron chi connectivity index (χ3n) is 2.22. The van der Waals surface area contributed by atoms with Gasteiger partial charge in [-0.25, -0.2) is 14.8 Å². The largest absolute Gasteiger partial charge is 0.478 e. The van der Waals surface area contributed by atoms with E-state index in [4.69, 9.17) is 10.8 Å². The molecule has 0 saturated heterocycles. The van der Waals surface area contributed by atoms with Gasteiger partial charge in [-0.05, 0) is 42.4 Å². The maximum Gasteiger partial charge on any atom is 0.337 e. The monoisotopic (exact) mass is 261 g/mol. The Morgan fingerprint density at radius 1 is 1.33 bits per heavy atom. The van der Waals surface area contributed by atoms with Crippen molar-refractivity contribution in [2.24, 2.45) is 0 Å². The minimum Gasteiger partial charge on any atom is -0.478 e. The topological polar surface area (TPSA) is 89.1 Å². The number of carbonyl (C=O) groups is 1. The number of benzene rings is 1. The number of rotatable bonds is 3. The van der Waals surface area contributed by atoms with Crippen LogP contribution in [0.25, 0.3) is 0 Å². The predicted molar refractivity (Wildman–Crippen MR) is 68.7 cm³/mol. The van der Waals surface area contributed by atoms with Crippen LogP contribution in [0.1, 0.15) is 15.9 Å². The van der Waals surface area contributed by atoms with Gasteiger partial charge in [0.15, 0.2) is 5.16 Å². The zero-order chi connectivity index (χ0) is 13.1. The molecule has 6 heteroatoms. The minimum atomic E-state index is -1.03. The van der Waals surface area contributed by atoms with Gasteiger partial charge < -0.3 is 10.8 Å². The number of carboxylic acid groups (broad SMARTS) is 1. The number of nitrogens with zero attached hydrogens (tertiary/aromatic N) is 2. The molecular formula is C12H11N3O2S. The second-order valence-corrected chi connectivity index (χ2v) is 4.74. The second kappa shape index (κ2) is 5.05. The number of hydrogen-bond acceptors (Lipinski definition) is 5. The number of nitrogens with two attached hydrogens (primary N) is 1. The highest BCUT2D eigenvalue weighted by molar-refractivity contribution is 7.99. The summed E-state index contributed by atoms with van der Waals surface area (Å²) in [7, 11) is 0. The molecule has 0 fully saturated rings. The Bertz CT molecular complexity index is 584. The third-order valence-corrected chi connectivity index (χ3v) is 3.10. The molecule has 2 rings (SSSR count). The summed E-state index contributed by atoms with van der Waals surface area (Å²) in [5.41, 5.74) is 6.99. The lowest BCUT2D eigenvalue weighted by Crippen LogP contribution is -2.01. The van der Waals surface area contributed by atoms with Gasteiger partial charge in [-0.15, -0.1) is 0 Å². The predicted octanol–water partition coefficient (Wildman–Crippen LogP) is 2.22. The molecule has 0 unspecified atom stereocenters. The van der Waals surface area contributed by atoms with Gasteiger partial charge in [0.1, 0.15) is 0 Å². The Kier molecular flexibility index (Phi) is 3.47. The average Bonchev–Trinajstić information content (AvgIpc) is 2.32. The summed E-state index contributed by atoms with van der Waals surface area (Å²) in [6.45, 7) is 1.91. The molecule has 2 aromatic rings. The van der Waals surface area contributed by atoms with Crippen molar-refractivity contribution in [2.75, 3.05) is 5.73 Å². The van der Waals surface area contributed by atoms with E-state index in [0.29, 0.717) is 5.16 Å². The molecule has 0 spiro atoms. The normalized spacial score (nSPS) is 10.3. The van der Waals surface area contributed by atoms with Gasteiger partial charge in [0.25, 0.3) is 0 Å². The Morgan fingerprint density at radius 3 is 2.56 bits per heavy atom. The summed E-state index contributed by atoms with van der Waals surface area (Å²) in [6.07, 6.45) is 3.45. The van der Waals surface area contributed by atoms with Crippen LogP contribution in [0.4, 0.5) is 5.69 Å². The lowest BCUT2D eigenvalue weighted by atomic mass is 10.2. The number of aromatic carboxylic acids is 1. The molecule has 0 aliphatic heterocycles. The summed E-state index contributed by atoms with van der Waals surface area (Å²) < 4.78 is 0. The molecule has 0 saturated carbocycles.